The molecule has 1 aliphatic carbocycles. The predicted molar refractivity (Wildman–Crippen MR) is 119 cm³/mol. The Labute approximate surface area is 191 Å². The minimum atomic E-state index is -3.86. The standard InChI is InChI=1S/C22H24ClFN2O5S/c1-26(15-8-3-2-4-9-15)32(29,30)19-13-6-5-12-18(19)25-20(27)14-31-22(28)21-16(23)10-7-11-17(21)24/h5-7,10-13,15H,2-4,8-9,14H2,1H3,(H,25,27). The van der Waals surface area contributed by atoms with Crippen molar-refractivity contribution in [2.75, 3.05) is 19.0 Å². The predicted octanol–water partition coefficient (Wildman–Crippen LogP) is 4.23. The van der Waals surface area contributed by atoms with Crippen molar-refractivity contribution < 1.29 is 27.1 Å². The molecular formula is C22H24ClFN2O5S. The highest BCUT2D eigenvalue weighted by atomic mass is 35.5. The molecule has 2 aromatic carbocycles. The third-order valence-electron chi connectivity index (χ3n) is 5.41. The fraction of sp³-hybridized carbons (Fsp3) is 0.364. The van der Waals surface area contributed by atoms with Crippen molar-refractivity contribution in [2.45, 2.75) is 43.0 Å². The number of para-hydroxylation sites is 1. The molecule has 172 valence electrons. The summed E-state index contributed by atoms with van der Waals surface area (Å²) in [5.74, 6) is -2.74. The Kier molecular flexibility index (Phi) is 7.86. The van der Waals surface area contributed by atoms with Crippen molar-refractivity contribution in [3.05, 3.63) is 58.9 Å². The topological polar surface area (TPSA) is 92.8 Å². The molecule has 0 aliphatic heterocycles. The lowest BCUT2D eigenvalue weighted by Crippen LogP contribution is -2.38. The van der Waals surface area contributed by atoms with E-state index in [0.717, 1.165) is 38.2 Å². The van der Waals surface area contributed by atoms with Crippen LogP contribution in [-0.2, 0) is 19.6 Å². The Balaban J connectivity index is 1.70. The third kappa shape index (κ3) is 5.46. The molecule has 0 aromatic heterocycles. The van der Waals surface area contributed by atoms with Gasteiger partial charge in [0.25, 0.3) is 5.91 Å². The third-order valence-corrected chi connectivity index (χ3v) is 7.69. The van der Waals surface area contributed by atoms with Gasteiger partial charge >= 0.3 is 5.97 Å². The maximum atomic E-state index is 13.8. The van der Waals surface area contributed by atoms with Crippen LogP contribution < -0.4 is 5.32 Å². The van der Waals surface area contributed by atoms with Crippen molar-refractivity contribution >= 4 is 39.2 Å². The zero-order chi connectivity index (χ0) is 23.3. The second-order valence-electron chi connectivity index (χ2n) is 7.53. The number of benzene rings is 2. The van der Waals surface area contributed by atoms with E-state index in [2.05, 4.69) is 5.32 Å². The Morgan fingerprint density at radius 2 is 1.81 bits per heavy atom. The Morgan fingerprint density at radius 3 is 2.50 bits per heavy atom. The van der Waals surface area contributed by atoms with Crippen LogP contribution in [0.1, 0.15) is 42.5 Å². The molecule has 2 aromatic rings. The number of anilines is 1. The molecule has 1 fully saturated rings. The fourth-order valence-corrected chi connectivity index (χ4v) is 5.47. The highest BCUT2D eigenvalue weighted by molar-refractivity contribution is 7.89. The summed E-state index contributed by atoms with van der Waals surface area (Å²) in [6.45, 7) is -0.740. The molecule has 1 aliphatic rings. The van der Waals surface area contributed by atoms with E-state index >= 15 is 0 Å². The van der Waals surface area contributed by atoms with Gasteiger partial charge in [-0.1, -0.05) is 49.1 Å². The summed E-state index contributed by atoms with van der Waals surface area (Å²) in [5, 5.41) is 2.32. The summed E-state index contributed by atoms with van der Waals surface area (Å²) in [6.07, 6.45) is 4.62. The van der Waals surface area contributed by atoms with Gasteiger partial charge in [-0.3, -0.25) is 4.79 Å². The molecule has 1 N–H and O–H groups in total. The highest BCUT2D eigenvalue weighted by Crippen LogP contribution is 2.29. The lowest BCUT2D eigenvalue weighted by atomic mass is 9.96. The SMILES string of the molecule is CN(C1CCCCC1)S(=O)(=O)c1ccccc1NC(=O)COC(=O)c1c(F)cccc1Cl. The van der Waals surface area contributed by atoms with Crippen molar-refractivity contribution in [2.24, 2.45) is 0 Å². The first kappa shape index (κ1) is 24.2. The number of sulfonamides is 1. The molecule has 7 nitrogen and oxygen atoms in total. The number of hydrogen-bond donors (Lipinski definition) is 1. The van der Waals surface area contributed by atoms with Crippen molar-refractivity contribution in [1.29, 1.82) is 0 Å². The van der Waals surface area contributed by atoms with Gasteiger partial charge in [0.05, 0.1) is 10.7 Å². The van der Waals surface area contributed by atoms with E-state index in [1.54, 1.807) is 19.2 Å². The summed E-state index contributed by atoms with van der Waals surface area (Å²) in [5.41, 5.74) is -0.404. The number of hydrogen-bond acceptors (Lipinski definition) is 5. The largest absolute Gasteiger partial charge is 0.452 e. The lowest BCUT2D eigenvalue weighted by molar-refractivity contribution is -0.119. The second kappa shape index (κ2) is 10.4. The molecule has 0 saturated heterocycles. The maximum Gasteiger partial charge on any atom is 0.343 e. The van der Waals surface area contributed by atoms with Crippen LogP contribution >= 0.6 is 11.6 Å². The van der Waals surface area contributed by atoms with E-state index in [1.165, 1.54) is 28.6 Å². The van der Waals surface area contributed by atoms with Crippen molar-refractivity contribution in [3.8, 4) is 0 Å². The molecule has 0 heterocycles. The molecular weight excluding hydrogens is 459 g/mol. The summed E-state index contributed by atoms with van der Waals surface area (Å²) in [4.78, 5) is 24.4. The average molecular weight is 483 g/mol. The molecule has 1 saturated carbocycles. The van der Waals surface area contributed by atoms with Gasteiger partial charge < -0.3 is 10.1 Å². The summed E-state index contributed by atoms with van der Waals surface area (Å²) in [6, 6.07) is 9.63. The quantitative estimate of drug-likeness (QED) is 0.596. The summed E-state index contributed by atoms with van der Waals surface area (Å²) < 4.78 is 46.4. The van der Waals surface area contributed by atoms with Gasteiger partial charge in [0, 0.05) is 13.1 Å². The van der Waals surface area contributed by atoms with Crippen LogP contribution in [0.2, 0.25) is 5.02 Å². The zero-order valence-corrected chi connectivity index (χ0v) is 19.1. The van der Waals surface area contributed by atoms with Crippen molar-refractivity contribution in [1.82, 2.24) is 4.31 Å². The number of halogens is 2. The Hall–Kier alpha value is -2.49. The van der Waals surface area contributed by atoms with Gasteiger partial charge in [-0.25, -0.2) is 17.6 Å². The van der Waals surface area contributed by atoms with Crippen LogP contribution in [-0.4, -0.2) is 44.3 Å². The van der Waals surface area contributed by atoms with E-state index in [-0.39, 0.29) is 21.6 Å². The van der Waals surface area contributed by atoms with Gasteiger partial charge in [0.1, 0.15) is 16.3 Å². The van der Waals surface area contributed by atoms with E-state index < -0.39 is 39.9 Å². The number of esters is 1. The fourth-order valence-electron chi connectivity index (χ4n) is 3.67. The molecule has 0 bridgehead atoms. The van der Waals surface area contributed by atoms with Crippen LogP contribution in [0, 0.1) is 5.82 Å². The molecule has 0 atom stereocenters. The number of nitrogens with zero attached hydrogens (tertiary/aromatic N) is 1. The number of carbonyl (C=O) groups excluding carboxylic acids is 2. The first-order chi connectivity index (χ1) is 15.2. The number of ether oxygens (including phenoxy) is 1. The van der Waals surface area contributed by atoms with Crippen LogP contribution in [0.4, 0.5) is 10.1 Å². The van der Waals surface area contributed by atoms with Gasteiger partial charge in [-0.2, -0.15) is 4.31 Å². The van der Waals surface area contributed by atoms with Crippen LogP contribution in [0.25, 0.3) is 0 Å². The molecule has 0 spiro atoms. The van der Waals surface area contributed by atoms with E-state index in [0.29, 0.717) is 0 Å². The Morgan fingerprint density at radius 1 is 1.12 bits per heavy atom. The smallest absolute Gasteiger partial charge is 0.343 e. The first-order valence-corrected chi connectivity index (χ1v) is 12.0. The normalized spacial score (nSPS) is 14.9. The van der Waals surface area contributed by atoms with E-state index in [4.69, 9.17) is 16.3 Å². The van der Waals surface area contributed by atoms with Gasteiger partial charge in [0.15, 0.2) is 6.61 Å². The first-order valence-electron chi connectivity index (χ1n) is 10.2. The number of rotatable bonds is 7. The van der Waals surface area contributed by atoms with Crippen LogP contribution in [0.3, 0.4) is 0 Å². The monoisotopic (exact) mass is 482 g/mol. The second-order valence-corrected chi connectivity index (χ2v) is 9.90. The van der Waals surface area contributed by atoms with Gasteiger partial charge in [-0.05, 0) is 37.1 Å². The maximum absolute atomic E-state index is 13.8. The summed E-state index contributed by atoms with van der Waals surface area (Å²) in [7, 11) is -2.31. The van der Waals surface area contributed by atoms with Gasteiger partial charge in [0.2, 0.25) is 10.0 Å². The summed E-state index contributed by atoms with van der Waals surface area (Å²) >= 11 is 5.82. The number of nitrogens with one attached hydrogen (secondary N) is 1. The molecule has 32 heavy (non-hydrogen) atoms. The molecule has 0 radical (unpaired) electrons. The van der Waals surface area contributed by atoms with Crippen LogP contribution in [0.5, 0.6) is 0 Å². The van der Waals surface area contributed by atoms with Gasteiger partial charge in [-0.15, -0.1) is 0 Å². The van der Waals surface area contributed by atoms with E-state index in [1.807, 2.05) is 0 Å². The molecule has 0 unspecified atom stereocenters. The molecule has 3 rings (SSSR count). The number of carbonyl (C=O) groups is 2. The molecule has 10 heteroatoms. The minimum absolute atomic E-state index is 0.0510. The van der Waals surface area contributed by atoms with Crippen LogP contribution in [0.15, 0.2) is 47.4 Å². The zero-order valence-electron chi connectivity index (χ0n) is 17.5. The Bertz CT molecular complexity index is 1080. The highest BCUT2D eigenvalue weighted by Gasteiger charge is 2.31. The van der Waals surface area contributed by atoms with Crippen molar-refractivity contribution in [3.63, 3.8) is 0 Å². The molecule has 1 amide bonds. The average Bonchev–Trinajstić information content (AvgIpc) is 2.78. The minimum Gasteiger partial charge on any atom is -0.452 e. The van der Waals surface area contributed by atoms with E-state index in [9.17, 15) is 22.4 Å². The lowest BCUT2D eigenvalue weighted by Gasteiger charge is -2.30. The number of amides is 1.